The second kappa shape index (κ2) is 6.53. The first kappa shape index (κ1) is 15.4. The molecule has 0 saturated heterocycles. The van der Waals surface area contributed by atoms with Gasteiger partial charge in [-0.2, -0.15) is 0 Å². The predicted octanol–water partition coefficient (Wildman–Crippen LogP) is 1.84. The molecule has 1 fully saturated rings. The van der Waals surface area contributed by atoms with Crippen molar-refractivity contribution in [3.05, 3.63) is 0 Å². The van der Waals surface area contributed by atoms with Crippen molar-refractivity contribution in [3.8, 4) is 0 Å². The van der Waals surface area contributed by atoms with Crippen LogP contribution >= 0.6 is 0 Å². The number of carbonyl (C=O) groups excluding carboxylic acids is 1. The molecular weight excluding hydrogens is 228 g/mol. The van der Waals surface area contributed by atoms with Crippen LogP contribution in [-0.2, 0) is 9.53 Å². The average Bonchev–Trinajstić information content (AvgIpc) is 2.27. The van der Waals surface area contributed by atoms with Crippen LogP contribution < -0.4 is 10.6 Å². The highest BCUT2D eigenvalue weighted by atomic mass is 16.5. The molecule has 106 valence electrons. The highest BCUT2D eigenvalue weighted by Gasteiger charge is 2.29. The van der Waals surface area contributed by atoms with Crippen LogP contribution in [0.25, 0.3) is 0 Å². The predicted molar refractivity (Wildman–Crippen MR) is 73.5 cm³/mol. The first-order chi connectivity index (χ1) is 8.33. The van der Waals surface area contributed by atoms with Gasteiger partial charge in [0.1, 0.15) is 6.10 Å². The summed E-state index contributed by atoms with van der Waals surface area (Å²) in [5, 5.41) is 6.25. The third-order valence-corrected chi connectivity index (χ3v) is 3.32. The van der Waals surface area contributed by atoms with Gasteiger partial charge in [0, 0.05) is 11.6 Å². The Bertz CT molecular complexity index is 273. The molecule has 1 aliphatic carbocycles. The fourth-order valence-corrected chi connectivity index (χ4v) is 2.39. The summed E-state index contributed by atoms with van der Waals surface area (Å²) in [5.41, 5.74) is -0.205. The number of hydrogen-bond acceptors (Lipinski definition) is 3. The van der Waals surface area contributed by atoms with Crippen LogP contribution in [0.4, 0.5) is 0 Å². The molecule has 4 nitrogen and oxygen atoms in total. The number of ether oxygens (including phenoxy) is 1. The van der Waals surface area contributed by atoms with Crippen molar-refractivity contribution in [3.63, 3.8) is 0 Å². The number of carbonyl (C=O) groups is 1. The van der Waals surface area contributed by atoms with Gasteiger partial charge in [0.25, 0.3) is 0 Å². The summed E-state index contributed by atoms with van der Waals surface area (Å²) in [7, 11) is 1.96. The van der Waals surface area contributed by atoms with Crippen molar-refractivity contribution in [1.29, 1.82) is 0 Å². The smallest absolute Gasteiger partial charge is 0.249 e. The summed E-state index contributed by atoms with van der Waals surface area (Å²) in [6, 6.07) is 0.378. The Morgan fingerprint density at radius 3 is 2.44 bits per heavy atom. The van der Waals surface area contributed by atoms with Gasteiger partial charge in [0.2, 0.25) is 5.91 Å². The van der Waals surface area contributed by atoms with Crippen molar-refractivity contribution < 1.29 is 9.53 Å². The topological polar surface area (TPSA) is 50.4 Å². The van der Waals surface area contributed by atoms with Gasteiger partial charge in [-0.25, -0.2) is 0 Å². The first-order valence-corrected chi connectivity index (χ1v) is 6.98. The minimum Gasteiger partial charge on any atom is -0.364 e. The van der Waals surface area contributed by atoms with Gasteiger partial charge in [0.05, 0.1) is 6.10 Å². The van der Waals surface area contributed by atoms with E-state index in [1.54, 1.807) is 0 Å². The second-order valence-electron chi connectivity index (χ2n) is 6.24. The molecule has 1 saturated carbocycles. The summed E-state index contributed by atoms with van der Waals surface area (Å²) in [6.07, 6.45) is 4.38. The summed E-state index contributed by atoms with van der Waals surface area (Å²) in [5.74, 6) is -0.0251. The lowest BCUT2D eigenvalue weighted by Gasteiger charge is -2.33. The van der Waals surface area contributed by atoms with Gasteiger partial charge >= 0.3 is 0 Å². The number of amides is 1. The van der Waals surface area contributed by atoms with Gasteiger partial charge in [0.15, 0.2) is 0 Å². The molecule has 0 aromatic heterocycles. The van der Waals surface area contributed by atoms with Crippen LogP contribution in [0.3, 0.4) is 0 Å². The monoisotopic (exact) mass is 256 g/mol. The Morgan fingerprint density at radius 1 is 1.28 bits per heavy atom. The molecular formula is C14H28N2O2. The molecule has 0 heterocycles. The fourth-order valence-electron chi connectivity index (χ4n) is 2.39. The molecule has 3 atom stereocenters. The third-order valence-electron chi connectivity index (χ3n) is 3.32. The molecule has 1 rings (SSSR count). The molecule has 3 unspecified atom stereocenters. The van der Waals surface area contributed by atoms with E-state index in [4.69, 9.17) is 4.74 Å². The molecule has 1 aliphatic rings. The van der Waals surface area contributed by atoms with Crippen LogP contribution in [-0.4, -0.2) is 36.7 Å². The fraction of sp³-hybridized carbons (Fsp3) is 0.929. The van der Waals surface area contributed by atoms with Gasteiger partial charge in [-0.15, -0.1) is 0 Å². The summed E-state index contributed by atoms with van der Waals surface area (Å²) in [4.78, 5) is 12.0. The van der Waals surface area contributed by atoms with E-state index >= 15 is 0 Å². The lowest BCUT2D eigenvalue weighted by Crippen LogP contribution is -2.49. The summed E-state index contributed by atoms with van der Waals surface area (Å²) >= 11 is 0. The van der Waals surface area contributed by atoms with Crippen molar-refractivity contribution >= 4 is 5.91 Å². The highest BCUT2D eigenvalue weighted by molar-refractivity contribution is 5.81. The Balaban J connectivity index is 2.47. The zero-order chi connectivity index (χ0) is 13.8. The Morgan fingerprint density at radius 2 is 1.89 bits per heavy atom. The quantitative estimate of drug-likeness (QED) is 0.807. The maximum atomic E-state index is 12.0. The first-order valence-electron chi connectivity index (χ1n) is 6.98. The molecule has 0 aromatic rings. The average molecular weight is 256 g/mol. The highest BCUT2D eigenvalue weighted by Crippen LogP contribution is 2.22. The number of rotatable bonds is 4. The SMILES string of the molecule is CNC1CCCCC1OC(C)C(=O)NC(C)(C)C. The lowest BCUT2D eigenvalue weighted by molar-refractivity contribution is -0.139. The van der Waals surface area contributed by atoms with Crippen LogP contribution in [0.2, 0.25) is 0 Å². The zero-order valence-electron chi connectivity index (χ0n) is 12.4. The van der Waals surface area contributed by atoms with Crippen molar-refractivity contribution in [2.75, 3.05) is 7.05 Å². The van der Waals surface area contributed by atoms with Gasteiger partial charge in [-0.3, -0.25) is 4.79 Å². The lowest BCUT2D eigenvalue weighted by atomic mass is 9.92. The van der Waals surface area contributed by atoms with Gasteiger partial charge in [-0.05, 0) is 47.6 Å². The maximum absolute atomic E-state index is 12.0. The van der Waals surface area contributed by atoms with E-state index in [0.29, 0.717) is 6.04 Å². The van der Waals surface area contributed by atoms with E-state index in [2.05, 4.69) is 10.6 Å². The molecule has 0 radical (unpaired) electrons. The van der Waals surface area contributed by atoms with Crippen molar-refractivity contribution in [1.82, 2.24) is 10.6 Å². The molecule has 18 heavy (non-hydrogen) atoms. The maximum Gasteiger partial charge on any atom is 0.249 e. The number of likely N-dealkylation sites (N-methyl/N-ethyl adjacent to an activating group) is 1. The van der Waals surface area contributed by atoms with Crippen LogP contribution in [0, 0.1) is 0 Å². The van der Waals surface area contributed by atoms with E-state index in [1.807, 2.05) is 34.7 Å². The number of hydrogen-bond donors (Lipinski definition) is 2. The molecule has 0 aliphatic heterocycles. The standard InChI is InChI=1S/C14H28N2O2/c1-10(13(17)16-14(2,3)4)18-12-9-7-6-8-11(12)15-5/h10-12,15H,6-9H2,1-5H3,(H,16,17). The zero-order valence-corrected chi connectivity index (χ0v) is 12.4. The van der Waals surface area contributed by atoms with Gasteiger partial charge < -0.3 is 15.4 Å². The molecule has 0 aromatic carbocycles. The Labute approximate surface area is 111 Å². The van der Waals surface area contributed by atoms with Crippen LogP contribution in [0.5, 0.6) is 0 Å². The third kappa shape index (κ3) is 4.94. The molecule has 2 N–H and O–H groups in total. The minimum atomic E-state index is -0.386. The van der Waals surface area contributed by atoms with Gasteiger partial charge in [-0.1, -0.05) is 12.8 Å². The molecule has 4 heteroatoms. The van der Waals surface area contributed by atoms with E-state index in [9.17, 15) is 4.79 Å². The normalized spacial score (nSPS) is 26.7. The Hall–Kier alpha value is -0.610. The minimum absolute atomic E-state index is 0.0251. The molecule has 0 bridgehead atoms. The van der Waals surface area contributed by atoms with Crippen molar-refractivity contribution in [2.45, 2.75) is 77.2 Å². The largest absolute Gasteiger partial charge is 0.364 e. The van der Waals surface area contributed by atoms with Crippen molar-refractivity contribution in [2.24, 2.45) is 0 Å². The summed E-state index contributed by atoms with van der Waals surface area (Å²) in [6.45, 7) is 7.78. The van der Waals surface area contributed by atoms with E-state index in [0.717, 1.165) is 12.8 Å². The van der Waals surface area contributed by atoms with E-state index in [1.165, 1.54) is 12.8 Å². The Kier molecular flexibility index (Phi) is 5.60. The molecule has 1 amide bonds. The number of nitrogens with one attached hydrogen (secondary N) is 2. The second-order valence-corrected chi connectivity index (χ2v) is 6.24. The summed E-state index contributed by atoms with van der Waals surface area (Å²) < 4.78 is 5.93. The van der Waals surface area contributed by atoms with Crippen LogP contribution in [0.15, 0.2) is 0 Å². The van der Waals surface area contributed by atoms with E-state index < -0.39 is 0 Å². The van der Waals surface area contributed by atoms with Crippen LogP contribution in [0.1, 0.15) is 53.4 Å². The molecule has 0 spiro atoms. The van der Waals surface area contributed by atoms with E-state index in [-0.39, 0.29) is 23.7 Å².